The molecule has 1 amide bonds. The van der Waals surface area contributed by atoms with Gasteiger partial charge in [-0.25, -0.2) is 4.98 Å². The van der Waals surface area contributed by atoms with Crippen molar-refractivity contribution in [3.63, 3.8) is 0 Å². The summed E-state index contributed by atoms with van der Waals surface area (Å²) in [5, 5.41) is 1.98. The molecule has 1 fully saturated rings. The van der Waals surface area contributed by atoms with Crippen LogP contribution in [-0.4, -0.2) is 35.5 Å². The van der Waals surface area contributed by atoms with E-state index in [0.717, 1.165) is 37.2 Å². The van der Waals surface area contributed by atoms with E-state index in [1.54, 1.807) is 16.8 Å². The van der Waals surface area contributed by atoms with Crippen molar-refractivity contribution in [2.45, 2.75) is 25.7 Å². The Balaban J connectivity index is 1.53. The van der Waals surface area contributed by atoms with Gasteiger partial charge in [-0.15, -0.1) is 11.3 Å². The molecule has 0 unspecified atom stereocenters. The lowest BCUT2D eigenvalue weighted by atomic mass is 10.1. The Morgan fingerprint density at radius 2 is 2.13 bits per heavy atom. The topological polar surface area (TPSA) is 68.5 Å². The number of thiazole rings is 1. The number of ether oxygens (including phenoxy) is 1. The van der Waals surface area contributed by atoms with Gasteiger partial charge in [0.05, 0.1) is 29.9 Å². The number of aromatic nitrogens is 1. The molecule has 0 bridgehead atoms. The highest BCUT2D eigenvalue weighted by molar-refractivity contribution is 7.07. The molecule has 5 nitrogen and oxygen atoms in total. The molecule has 0 saturated carbocycles. The molecule has 2 N–H and O–H groups in total. The number of hydrogen-bond acceptors (Lipinski definition) is 5. The summed E-state index contributed by atoms with van der Waals surface area (Å²) in [6, 6.07) is 5.64. The van der Waals surface area contributed by atoms with Crippen molar-refractivity contribution < 1.29 is 9.53 Å². The van der Waals surface area contributed by atoms with Crippen LogP contribution < -0.4 is 10.5 Å². The van der Waals surface area contributed by atoms with Crippen LogP contribution in [0.1, 0.15) is 25.7 Å². The summed E-state index contributed by atoms with van der Waals surface area (Å²) in [6.45, 7) is 2.11. The number of carbonyl (C=O) groups is 1. The smallest absolute Gasteiger partial charge is 0.225 e. The molecule has 1 aromatic heterocycles. The van der Waals surface area contributed by atoms with Crippen LogP contribution in [0.3, 0.4) is 0 Å². The molecular weight excluding hydrogens is 310 g/mol. The number of rotatable bonds is 5. The minimum Gasteiger partial charge on any atom is -0.491 e. The van der Waals surface area contributed by atoms with Crippen molar-refractivity contribution in [3.05, 3.63) is 29.1 Å². The van der Waals surface area contributed by atoms with Gasteiger partial charge in [-0.3, -0.25) is 4.79 Å². The largest absolute Gasteiger partial charge is 0.491 e. The number of anilines is 1. The molecule has 2 aromatic rings. The maximum absolute atomic E-state index is 12.1. The molecule has 2 heterocycles. The molecule has 0 radical (unpaired) electrons. The Kier molecular flexibility index (Phi) is 5.12. The Morgan fingerprint density at radius 3 is 2.83 bits per heavy atom. The molecule has 6 heteroatoms. The lowest BCUT2D eigenvalue weighted by Gasteiger charge is -2.26. The first-order chi connectivity index (χ1) is 11.2. The third-order valence-electron chi connectivity index (χ3n) is 4.02. The molecule has 0 aliphatic carbocycles. The highest BCUT2D eigenvalue weighted by Crippen LogP contribution is 2.28. The number of hydrogen-bond donors (Lipinski definition) is 1. The molecule has 23 heavy (non-hydrogen) atoms. The van der Waals surface area contributed by atoms with Crippen LogP contribution in [-0.2, 0) is 4.79 Å². The second kappa shape index (κ2) is 7.46. The van der Waals surface area contributed by atoms with E-state index in [9.17, 15) is 4.79 Å². The summed E-state index contributed by atoms with van der Waals surface area (Å²) >= 11 is 1.55. The van der Waals surface area contributed by atoms with Crippen LogP contribution in [0.15, 0.2) is 29.1 Å². The first kappa shape index (κ1) is 15.8. The first-order valence-corrected chi connectivity index (χ1v) is 8.87. The van der Waals surface area contributed by atoms with E-state index in [1.165, 1.54) is 6.42 Å². The Morgan fingerprint density at radius 1 is 1.30 bits per heavy atom. The van der Waals surface area contributed by atoms with Crippen LogP contribution in [0.2, 0.25) is 0 Å². The van der Waals surface area contributed by atoms with Gasteiger partial charge in [-0.05, 0) is 37.5 Å². The number of likely N-dealkylation sites (tertiary alicyclic amines) is 1. The zero-order valence-corrected chi connectivity index (χ0v) is 13.8. The molecular formula is C17H21N3O2S. The van der Waals surface area contributed by atoms with E-state index in [-0.39, 0.29) is 5.91 Å². The Labute approximate surface area is 140 Å². The zero-order valence-electron chi connectivity index (χ0n) is 13.0. The van der Waals surface area contributed by atoms with E-state index in [0.29, 0.717) is 24.5 Å². The fourth-order valence-electron chi connectivity index (χ4n) is 2.74. The highest BCUT2D eigenvalue weighted by atomic mass is 32.1. The average Bonchev–Trinajstić information content (AvgIpc) is 3.11. The molecule has 0 atom stereocenters. The van der Waals surface area contributed by atoms with Gasteiger partial charge < -0.3 is 15.4 Å². The highest BCUT2D eigenvalue weighted by Gasteiger charge is 2.16. The van der Waals surface area contributed by atoms with Crippen LogP contribution in [0, 0.1) is 0 Å². The summed E-state index contributed by atoms with van der Waals surface area (Å²) in [4.78, 5) is 18.3. The van der Waals surface area contributed by atoms with E-state index >= 15 is 0 Å². The Bertz CT molecular complexity index is 652. The molecule has 1 aliphatic rings. The van der Waals surface area contributed by atoms with E-state index in [1.807, 2.05) is 28.5 Å². The SMILES string of the molecule is Nc1cc(-c2cscn2)ccc1OCCC(=O)N1CCCCC1. The quantitative estimate of drug-likeness (QED) is 0.855. The maximum Gasteiger partial charge on any atom is 0.225 e. The maximum atomic E-state index is 12.1. The van der Waals surface area contributed by atoms with Crippen LogP contribution in [0.25, 0.3) is 11.3 Å². The predicted molar refractivity (Wildman–Crippen MR) is 92.5 cm³/mol. The van der Waals surface area contributed by atoms with Crippen molar-refractivity contribution in [3.8, 4) is 17.0 Å². The lowest BCUT2D eigenvalue weighted by molar-refractivity contribution is -0.132. The number of nitrogen functional groups attached to an aromatic ring is 1. The van der Waals surface area contributed by atoms with Crippen molar-refractivity contribution in [2.24, 2.45) is 0 Å². The van der Waals surface area contributed by atoms with Crippen molar-refractivity contribution in [2.75, 3.05) is 25.4 Å². The minimum atomic E-state index is 0.169. The fraction of sp³-hybridized carbons (Fsp3) is 0.412. The van der Waals surface area contributed by atoms with Gasteiger partial charge in [0.2, 0.25) is 5.91 Å². The van der Waals surface area contributed by atoms with Crippen molar-refractivity contribution >= 4 is 22.9 Å². The first-order valence-electron chi connectivity index (χ1n) is 7.93. The number of carbonyl (C=O) groups excluding carboxylic acids is 1. The van der Waals surface area contributed by atoms with Crippen molar-refractivity contribution in [1.29, 1.82) is 0 Å². The summed E-state index contributed by atoms with van der Waals surface area (Å²) in [6.07, 6.45) is 3.84. The zero-order chi connectivity index (χ0) is 16.1. The van der Waals surface area contributed by atoms with E-state index in [2.05, 4.69) is 4.98 Å². The van der Waals surface area contributed by atoms with Gasteiger partial charge in [-0.2, -0.15) is 0 Å². The van der Waals surface area contributed by atoms with E-state index in [4.69, 9.17) is 10.5 Å². The molecule has 0 spiro atoms. The van der Waals surface area contributed by atoms with Gasteiger partial charge >= 0.3 is 0 Å². The fourth-order valence-corrected chi connectivity index (χ4v) is 3.31. The Hall–Kier alpha value is -2.08. The van der Waals surface area contributed by atoms with E-state index < -0.39 is 0 Å². The van der Waals surface area contributed by atoms with Crippen LogP contribution >= 0.6 is 11.3 Å². The normalized spacial score (nSPS) is 14.7. The summed E-state index contributed by atoms with van der Waals surface area (Å²) in [5.41, 5.74) is 10.3. The third kappa shape index (κ3) is 4.01. The number of benzene rings is 1. The second-order valence-electron chi connectivity index (χ2n) is 5.67. The van der Waals surface area contributed by atoms with Crippen LogP contribution in [0.4, 0.5) is 5.69 Å². The van der Waals surface area contributed by atoms with Gasteiger partial charge in [0.15, 0.2) is 0 Å². The van der Waals surface area contributed by atoms with Gasteiger partial charge in [0, 0.05) is 24.0 Å². The van der Waals surface area contributed by atoms with Gasteiger partial charge in [-0.1, -0.05) is 0 Å². The standard InChI is InChI=1S/C17H21N3O2S/c18-14-10-13(15-11-23-12-19-15)4-5-16(14)22-9-6-17(21)20-7-2-1-3-8-20/h4-5,10-12H,1-3,6-9,18H2. The van der Waals surface area contributed by atoms with Gasteiger partial charge in [0.25, 0.3) is 0 Å². The number of nitrogens with zero attached hydrogens (tertiary/aromatic N) is 2. The molecule has 1 saturated heterocycles. The second-order valence-corrected chi connectivity index (χ2v) is 6.38. The summed E-state index contributed by atoms with van der Waals surface area (Å²) in [5.74, 6) is 0.790. The molecule has 3 rings (SSSR count). The minimum absolute atomic E-state index is 0.169. The summed E-state index contributed by atoms with van der Waals surface area (Å²) in [7, 11) is 0. The number of piperidine rings is 1. The monoisotopic (exact) mass is 331 g/mol. The predicted octanol–water partition coefficient (Wildman–Crippen LogP) is 3.17. The summed E-state index contributed by atoms with van der Waals surface area (Å²) < 4.78 is 5.68. The molecule has 1 aromatic carbocycles. The molecule has 1 aliphatic heterocycles. The van der Waals surface area contributed by atoms with Gasteiger partial charge in [0.1, 0.15) is 5.75 Å². The number of amides is 1. The third-order valence-corrected chi connectivity index (χ3v) is 4.61. The number of nitrogens with two attached hydrogens (primary N) is 1. The lowest BCUT2D eigenvalue weighted by Crippen LogP contribution is -2.36. The average molecular weight is 331 g/mol. The van der Waals surface area contributed by atoms with Crippen LogP contribution in [0.5, 0.6) is 5.75 Å². The molecule has 122 valence electrons. The van der Waals surface area contributed by atoms with Crippen molar-refractivity contribution in [1.82, 2.24) is 9.88 Å².